The highest BCUT2D eigenvalue weighted by Crippen LogP contribution is 2.35. The van der Waals surface area contributed by atoms with Crippen LogP contribution in [0.2, 0.25) is 0 Å². The van der Waals surface area contributed by atoms with E-state index in [9.17, 15) is 4.39 Å². The van der Waals surface area contributed by atoms with Crippen molar-refractivity contribution in [2.75, 3.05) is 33.0 Å². The molecule has 0 bridgehead atoms. The first-order valence-corrected chi connectivity index (χ1v) is 12.1. The zero-order chi connectivity index (χ0) is 26.2. The third kappa shape index (κ3) is 4.53. The number of anilines is 1. The Morgan fingerprint density at radius 3 is 2.71 bits per heavy atom. The summed E-state index contributed by atoms with van der Waals surface area (Å²) in [5, 5.41) is 9.32. The van der Waals surface area contributed by atoms with Crippen molar-refractivity contribution in [2.45, 2.75) is 0 Å². The Bertz CT molecular complexity index is 1770. The molecule has 6 aromatic rings. The smallest absolute Gasteiger partial charge is 0.138 e. The Kier molecular flexibility index (Phi) is 5.93. The number of ether oxygens (including phenoxy) is 1. The van der Waals surface area contributed by atoms with Gasteiger partial charge in [0.15, 0.2) is 0 Å². The molecule has 5 aromatic heterocycles. The molecule has 0 spiro atoms. The predicted molar refractivity (Wildman–Crippen MR) is 146 cm³/mol. The van der Waals surface area contributed by atoms with Crippen LogP contribution < -0.4 is 10.5 Å². The third-order valence-electron chi connectivity index (χ3n) is 6.28. The van der Waals surface area contributed by atoms with Crippen molar-refractivity contribution in [1.29, 1.82) is 0 Å². The van der Waals surface area contributed by atoms with Gasteiger partial charge in [-0.1, -0.05) is 0 Å². The largest absolute Gasteiger partial charge is 0.492 e. The van der Waals surface area contributed by atoms with Gasteiger partial charge in [0, 0.05) is 47.5 Å². The van der Waals surface area contributed by atoms with Crippen LogP contribution in [0.15, 0.2) is 67.3 Å². The second kappa shape index (κ2) is 9.56. The lowest BCUT2D eigenvalue weighted by Gasteiger charge is -2.12. The van der Waals surface area contributed by atoms with E-state index in [0.29, 0.717) is 29.3 Å². The van der Waals surface area contributed by atoms with Gasteiger partial charge in [-0.2, -0.15) is 5.10 Å². The van der Waals surface area contributed by atoms with Crippen molar-refractivity contribution in [2.24, 2.45) is 0 Å². The monoisotopic (exact) mass is 508 g/mol. The summed E-state index contributed by atoms with van der Waals surface area (Å²) in [5.41, 5.74) is 12.5. The Hall–Kier alpha value is -4.83. The summed E-state index contributed by atoms with van der Waals surface area (Å²) in [6, 6.07) is 12.4. The molecule has 38 heavy (non-hydrogen) atoms. The van der Waals surface area contributed by atoms with Crippen LogP contribution in [-0.4, -0.2) is 62.3 Å². The molecule has 5 heterocycles. The fourth-order valence-corrected chi connectivity index (χ4v) is 4.43. The van der Waals surface area contributed by atoms with Gasteiger partial charge in [-0.25, -0.2) is 9.37 Å². The molecular formula is C28H25FN8O. The van der Waals surface area contributed by atoms with Crippen molar-refractivity contribution < 1.29 is 9.13 Å². The highest BCUT2D eigenvalue weighted by atomic mass is 19.1. The molecule has 0 atom stereocenters. The van der Waals surface area contributed by atoms with E-state index in [0.717, 1.165) is 51.0 Å². The lowest BCUT2D eigenvalue weighted by molar-refractivity contribution is 0.260. The van der Waals surface area contributed by atoms with Gasteiger partial charge in [0.05, 0.1) is 28.8 Å². The number of halogens is 1. The molecule has 6 rings (SSSR count). The van der Waals surface area contributed by atoms with E-state index in [2.05, 4.69) is 30.1 Å². The number of nitrogen functional groups attached to an aromatic ring is 1. The van der Waals surface area contributed by atoms with E-state index in [1.165, 1.54) is 12.1 Å². The molecule has 0 aliphatic rings. The minimum Gasteiger partial charge on any atom is -0.492 e. The van der Waals surface area contributed by atoms with Crippen LogP contribution in [0.4, 0.5) is 10.1 Å². The van der Waals surface area contributed by atoms with E-state index in [1.54, 1.807) is 24.8 Å². The number of nitrogens with one attached hydrogen (secondary N) is 2. The Morgan fingerprint density at radius 1 is 0.974 bits per heavy atom. The number of H-pyrrole nitrogens is 2. The molecule has 0 unspecified atom stereocenters. The fourth-order valence-electron chi connectivity index (χ4n) is 4.43. The summed E-state index contributed by atoms with van der Waals surface area (Å²) in [6.45, 7) is 1.19. The number of hydrogen-bond donors (Lipinski definition) is 3. The van der Waals surface area contributed by atoms with Crippen LogP contribution in [-0.2, 0) is 0 Å². The maximum atomic E-state index is 14.6. The second-order valence-electron chi connectivity index (χ2n) is 9.33. The molecule has 0 fully saturated rings. The Morgan fingerprint density at radius 2 is 1.87 bits per heavy atom. The molecule has 0 amide bonds. The molecule has 190 valence electrons. The summed E-state index contributed by atoms with van der Waals surface area (Å²) in [5.74, 6) is 0.120. The number of pyridine rings is 3. The minimum atomic E-state index is -0.363. The van der Waals surface area contributed by atoms with Crippen LogP contribution in [0.3, 0.4) is 0 Å². The van der Waals surface area contributed by atoms with E-state index in [1.807, 2.05) is 49.3 Å². The highest BCUT2D eigenvalue weighted by molar-refractivity contribution is 6.00. The SMILES string of the molecule is CN(C)CCOc1cc(F)cc(-c2ccnc3[nH]c(-c4n[nH]c5cnc(-c6cncc(N)c6)cc45)cc23)c1. The van der Waals surface area contributed by atoms with Crippen LogP contribution in [0.25, 0.3) is 55.7 Å². The number of nitrogens with two attached hydrogens (primary N) is 1. The highest BCUT2D eigenvalue weighted by Gasteiger charge is 2.16. The lowest BCUT2D eigenvalue weighted by atomic mass is 10.0. The van der Waals surface area contributed by atoms with Crippen LogP contribution in [0, 0.1) is 5.82 Å². The average Bonchev–Trinajstić information content (AvgIpc) is 3.51. The van der Waals surface area contributed by atoms with Crippen molar-refractivity contribution in [3.05, 3.63) is 73.1 Å². The summed E-state index contributed by atoms with van der Waals surface area (Å²) in [7, 11) is 3.93. The molecule has 0 saturated carbocycles. The molecule has 0 saturated heterocycles. The number of hydrogen-bond acceptors (Lipinski definition) is 7. The van der Waals surface area contributed by atoms with Crippen molar-refractivity contribution in [3.8, 4) is 39.5 Å². The molecule has 0 aliphatic heterocycles. The molecule has 1 aromatic carbocycles. The van der Waals surface area contributed by atoms with E-state index < -0.39 is 0 Å². The molecule has 0 radical (unpaired) electrons. The fraction of sp³-hybridized carbons (Fsp3) is 0.143. The zero-order valence-electron chi connectivity index (χ0n) is 20.9. The van der Waals surface area contributed by atoms with E-state index in [-0.39, 0.29) is 5.82 Å². The summed E-state index contributed by atoms with van der Waals surface area (Å²) in [6.07, 6.45) is 6.76. The summed E-state index contributed by atoms with van der Waals surface area (Å²) >= 11 is 0. The first-order valence-electron chi connectivity index (χ1n) is 12.1. The van der Waals surface area contributed by atoms with E-state index >= 15 is 0 Å². The van der Waals surface area contributed by atoms with Gasteiger partial charge in [0.1, 0.15) is 29.5 Å². The van der Waals surface area contributed by atoms with Crippen LogP contribution in [0.1, 0.15) is 0 Å². The molecule has 0 aliphatic carbocycles. The summed E-state index contributed by atoms with van der Waals surface area (Å²) in [4.78, 5) is 18.6. The topological polar surface area (TPSA) is 122 Å². The number of benzene rings is 1. The van der Waals surface area contributed by atoms with Gasteiger partial charge < -0.3 is 20.4 Å². The maximum Gasteiger partial charge on any atom is 0.138 e. The minimum absolute atomic E-state index is 0.363. The first-order chi connectivity index (χ1) is 18.4. The van der Waals surface area contributed by atoms with Gasteiger partial charge >= 0.3 is 0 Å². The molecule has 10 heteroatoms. The first kappa shape index (κ1) is 23.6. The van der Waals surface area contributed by atoms with Gasteiger partial charge in [-0.15, -0.1) is 0 Å². The number of nitrogens with zero attached hydrogens (tertiary/aromatic N) is 5. The normalized spacial score (nSPS) is 11.6. The summed E-state index contributed by atoms with van der Waals surface area (Å²) < 4.78 is 20.4. The van der Waals surface area contributed by atoms with Crippen molar-refractivity contribution in [3.63, 3.8) is 0 Å². The van der Waals surface area contributed by atoms with Gasteiger partial charge in [-0.3, -0.25) is 15.1 Å². The standard InChI is InChI=1S/C28H25FN8O/c1-37(2)5-6-38-20-9-16(7-18(29)10-20)21-3-4-32-28-22(21)11-25(34-28)27-23-12-24(33-15-26(23)35-36-27)17-8-19(30)14-31-13-17/h3-4,7-15H,5-6,30H2,1-2H3,(H,32,34)(H,35,36). The molecule has 9 nitrogen and oxygen atoms in total. The van der Waals surface area contributed by atoms with Gasteiger partial charge in [-0.05, 0) is 61.6 Å². The zero-order valence-corrected chi connectivity index (χ0v) is 20.9. The predicted octanol–water partition coefficient (Wildman–Crippen LogP) is 4.89. The number of aromatic amines is 2. The molecule has 4 N–H and O–H groups in total. The van der Waals surface area contributed by atoms with Gasteiger partial charge in [0.2, 0.25) is 0 Å². The van der Waals surface area contributed by atoms with Crippen LogP contribution in [0.5, 0.6) is 5.75 Å². The molecular weight excluding hydrogens is 483 g/mol. The van der Waals surface area contributed by atoms with Gasteiger partial charge in [0.25, 0.3) is 0 Å². The average molecular weight is 509 g/mol. The second-order valence-corrected chi connectivity index (χ2v) is 9.33. The Balaban J connectivity index is 1.40. The number of likely N-dealkylation sites (N-methyl/N-ethyl adjacent to an activating group) is 1. The van der Waals surface area contributed by atoms with Crippen LogP contribution >= 0.6 is 0 Å². The number of aromatic nitrogens is 6. The van der Waals surface area contributed by atoms with Crippen molar-refractivity contribution in [1.82, 2.24) is 35.0 Å². The Labute approximate surface area is 217 Å². The van der Waals surface area contributed by atoms with E-state index in [4.69, 9.17) is 10.5 Å². The number of rotatable bonds is 7. The lowest BCUT2D eigenvalue weighted by Crippen LogP contribution is -2.19. The third-order valence-corrected chi connectivity index (χ3v) is 6.28. The quantitative estimate of drug-likeness (QED) is 0.281. The number of fused-ring (bicyclic) bond motifs is 2. The maximum absolute atomic E-state index is 14.6. The van der Waals surface area contributed by atoms with Crippen molar-refractivity contribution >= 4 is 27.6 Å².